The smallest absolute Gasteiger partial charge is 0.0813 e. The van der Waals surface area contributed by atoms with Gasteiger partial charge in [0.1, 0.15) is 0 Å². The first-order valence-corrected chi connectivity index (χ1v) is 6.51. The molecule has 0 aliphatic carbocycles. The van der Waals surface area contributed by atoms with Crippen LogP contribution in [0.25, 0.3) is 0 Å². The minimum Gasteiger partial charge on any atom is -0.394 e. The zero-order chi connectivity index (χ0) is 6.24. The van der Waals surface area contributed by atoms with Crippen LogP contribution in [0.2, 0.25) is 0 Å². The van der Waals surface area contributed by atoms with Crippen LogP contribution in [-0.4, -0.2) is 4.98 Å². The summed E-state index contributed by atoms with van der Waals surface area (Å²) < 4.78 is 0. The van der Waals surface area contributed by atoms with E-state index < -0.39 is 0 Å². The number of hydrogen-bond donors (Lipinski definition) is 0. The third kappa shape index (κ3) is 4.70. The van der Waals surface area contributed by atoms with Crippen LogP contribution in [0.4, 0.5) is 0 Å². The molecule has 1 heterocycles. The van der Waals surface area contributed by atoms with Crippen molar-refractivity contribution in [3.05, 3.63) is 30.6 Å². The zero-order valence-corrected chi connectivity index (χ0v) is 7.66. The third-order valence-corrected chi connectivity index (χ3v) is 0.517. The van der Waals surface area contributed by atoms with E-state index in [1.807, 2.05) is 31.6 Å². The van der Waals surface area contributed by atoms with Crippen LogP contribution in [0.1, 0.15) is 0 Å². The number of aromatic nitrogens is 1. The van der Waals surface area contributed by atoms with E-state index in [4.69, 9.17) is 0 Å². The van der Waals surface area contributed by atoms with Crippen molar-refractivity contribution in [3.63, 3.8) is 0 Å². The SMILES string of the molecule is [Pd+][I].[c-]1ccccn1. The van der Waals surface area contributed by atoms with E-state index in [1.165, 1.54) is 0 Å². The summed E-state index contributed by atoms with van der Waals surface area (Å²) in [5.74, 6) is 0. The molecule has 1 rings (SSSR count). The fourth-order valence-corrected chi connectivity index (χ4v) is 0.277. The Morgan fingerprint density at radius 3 is 2.25 bits per heavy atom. The zero-order valence-electron chi connectivity index (χ0n) is 3.95. The number of hydrogen-bond acceptors (Lipinski definition) is 1. The molecule has 0 saturated carbocycles. The van der Waals surface area contributed by atoms with Gasteiger partial charge in [-0.25, -0.2) is 0 Å². The van der Waals surface area contributed by atoms with Crippen LogP contribution in [0, 0.1) is 6.20 Å². The van der Waals surface area contributed by atoms with Gasteiger partial charge in [0, 0.05) is 0 Å². The van der Waals surface area contributed by atoms with Crippen molar-refractivity contribution in [1.29, 1.82) is 0 Å². The first-order valence-electron chi connectivity index (χ1n) is 1.89. The van der Waals surface area contributed by atoms with Crippen LogP contribution in [0.15, 0.2) is 24.4 Å². The summed E-state index contributed by atoms with van der Waals surface area (Å²) in [4.78, 5) is 3.66. The van der Waals surface area contributed by atoms with E-state index in [-0.39, 0.29) is 0 Å². The number of nitrogens with zero attached hydrogens (tertiary/aromatic N) is 1. The summed E-state index contributed by atoms with van der Waals surface area (Å²) in [6.07, 6.45) is 4.34. The molecule has 8 heavy (non-hydrogen) atoms. The van der Waals surface area contributed by atoms with Gasteiger partial charge >= 0.3 is 35.1 Å². The predicted octanol–water partition coefficient (Wildman–Crippen LogP) is 1.76. The maximum Gasteiger partial charge on any atom is -0.0813 e. The Kier molecular flexibility index (Phi) is 8.05. The normalized spacial score (nSPS) is 6.88. The molecule has 0 spiro atoms. The minimum atomic E-state index is 1.69. The van der Waals surface area contributed by atoms with Crippen molar-refractivity contribution in [1.82, 2.24) is 4.98 Å². The molecule has 0 aliphatic rings. The van der Waals surface area contributed by atoms with E-state index >= 15 is 0 Å². The maximum atomic E-state index is 3.66. The molecule has 0 aliphatic heterocycles. The molecule has 1 aromatic heterocycles. The molecule has 0 radical (unpaired) electrons. The van der Waals surface area contributed by atoms with Crippen molar-refractivity contribution in [2.75, 3.05) is 0 Å². The van der Waals surface area contributed by atoms with Crippen LogP contribution in [0.5, 0.6) is 0 Å². The molecule has 0 N–H and O–H groups in total. The van der Waals surface area contributed by atoms with Gasteiger partial charge in [0.25, 0.3) is 0 Å². The molecule has 0 saturated heterocycles. The van der Waals surface area contributed by atoms with Crippen LogP contribution in [0.3, 0.4) is 0 Å². The van der Waals surface area contributed by atoms with E-state index in [9.17, 15) is 0 Å². The fraction of sp³-hybridized carbons (Fsp3) is 0. The second kappa shape index (κ2) is 7.54. The summed E-state index contributed by atoms with van der Waals surface area (Å²) in [6.45, 7) is 0. The molecule has 0 bridgehead atoms. The van der Waals surface area contributed by atoms with Crippen molar-refractivity contribution >= 4 is 19.5 Å². The Hall–Kier alpha value is 0.542. The molecular weight excluding hydrogens is 307 g/mol. The van der Waals surface area contributed by atoms with Gasteiger partial charge in [0.2, 0.25) is 0 Å². The summed E-state index contributed by atoms with van der Waals surface area (Å²) in [7, 11) is 0. The molecule has 0 unspecified atom stereocenters. The Balaban J connectivity index is 0.000000222. The standard InChI is InChI=1S/C5H4N.HI.Pd/c1-2-4-6-5-3-1;;/h1-4H;1H;/q-1;;+2/p-1. The largest absolute Gasteiger partial charge is 0.394 e. The first-order chi connectivity index (χ1) is 4.00. The van der Waals surface area contributed by atoms with Gasteiger partial charge in [-0.15, -0.1) is 0 Å². The first kappa shape index (κ1) is 8.54. The van der Waals surface area contributed by atoms with E-state index in [2.05, 4.69) is 26.8 Å². The van der Waals surface area contributed by atoms with Crippen molar-refractivity contribution < 1.29 is 15.6 Å². The average molecular weight is 311 g/mol. The number of pyridine rings is 1. The summed E-state index contributed by atoms with van der Waals surface area (Å²) in [6, 6.07) is 5.50. The molecule has 3 heteroatoms. The van der Waals surface area contributed by atoms with Crippen LogP contribution in [-0.2, 0) is 15.6 Å². The van der Waals surface area contributed by atoms with Crippen LogP contribution < -0.4 is 0 Å². The monoisotopic (exact) mass is 311 g/mol. The molecule has 0 aromatic carbocycles. The van der Waals surface area contributed by atoms with Gasteiger partial charge in [-0.2, -0.15) is 18.2 Å². The Morgan fingerprint density at radius 2 is 2.12 bits per heavy atom. The van der Waals surface area contributed by atoms with Gasteiger partial charge in [-0.1, -0.05) is 12.4 Å². The van der Waals surface area contributed by atoms with E-state index in [1.54, 1.807) is 12.3 Å². The van der Waals surface area contributed by atoms with Gasteiger partial charge in [0.05, 0.1) is 0 Å². The van der Waals surface area contributed by atoms with Gasteiger partial charge in [0.15, 0.2) is 0 Å². The van der Waals surface area contributed by atoms with Crippen molar-refractivity contribution in [2.45, 2.75) is 0 Å². The Bertz CT molecular complexity index is 84.4. The molecule has 0 atom stereocenters. The quantitative estimate of drug-likeness (QED) is 0.404. The number of rotatable bonds is 0. The van der Waals surface area contributed by atoms with Crippen molar-refractivity contribution in [3.8, 4) is 0 Å². The van der Waals surface area contributed by atoms with Gasteiger partial charge < -0.3 is 4.98 Å². The predicted molar refractivity (Wildman–Crippen MR) is 37.1 cm³/mol. The second-order valence-electron chi connectivity index (χ2n) is 0.959. The van der Waals surface area contributed by atoms with E-state index in [0.717, 1.165) is 0 Å². The maximum absolute atomic E-state index is 3.66. The third-order valence-electron chi connectivity index (χ3n) is 0.517. The molecule has 46 valence electrons. The fourth-order valence-electron chi connectivity index (χ4n) is 0.277. The molecule has 1 nitrogen and oxygen atoms in total. The van der Waals surface area contributed by atoms with E-state index in [0.29, 0.717) is 0 Å². The molecule has 0 fully saturated rings. The van der Waals surface area contributed by atoms with Crippen molar-refractivity contribution in [2.24, 2.45) is 0 Å². The average Bonchev–Trinajstić information content (AvgIpc) is 1.96. The molecule has 0 amide bonds. The van der Waals surface area contributed by atoms with Gasteiger partial charge in [-0.3, -0.25) is 0 Å². The minimum absolute atomic E-state index is 1.69. The topological polar surface area (TPSA) is 12.9 Å². The molecule has 1 aromatic rings. The Labute approximate surface area is 70.3 Å². The van der Waals surface area contributed by atoms with Crippen LogP contribution >= 0.6 is 19.5 Å². The van der Waals surface area contributed by atoms with Gasteiger partial charge in [-0.05, 0) is 0 Å². The summed E-state index contributed by atoms with van der Waals surface area (Å²) in [5, 5.41) is 0. The second-order valence-corrected chi connectivity index (χ2v) is 0.959. The summed E-state index contributed by atoms with van der Waals surface area (Å²) in [5.41, 5.74) is 0. The summed E-state index contributed by atoms with van der Waals surface area (Å²) >= 11 is 4.72. The molecular formula is C5H4INPd. The number of halogens is 1. The Morgan fingerprint density at radius 1 is 1.38 bits per heavy atom.